The maximum atomic E-state index is 12.3. The van der Waals surface area contributed by atoms with Gasteiger partial charge in [0.1, 0.15) is 0 Å². The highest BCUT2D eigenvalue weighted by Crippen LogP contribution is 2.16. The van der Waals surface area contributed by atoms with E-state index in [1.807, 2.05) is 4.90 Å². The van der Waals surface area contributed by atoms with Crippen molar-refractivity contribution in [1.29, 1.82) is 0 Å². The van der Waals surface area contributed by atoms with Crippen LogP contribution >= 0.6 is 0 Å². The second-order valence-electron chi connectivity index (χ2n) is 6.05. The lowest BCUT2D eigenvalue weighted by atomic mass is 10.2. The molecule has 1 aromatic heterocycles. The van der Waals surface area contributed by atoms with Crippen LogP contribution in [-0.4, -0.2) is 73.5 Å². The molecule has 0 saturated carbocycles. The van der Waals surface area contributed by atoms with E-state index in [2.05, 4.69) is 15.5 Å². The number of carbonyl (C=O) groups excluding carboxylic acids is 2. The minimum absolute atomic E-state index is 0.113. The zero-order valence-corrected chi connectivity index (χ0v) is 13.3. The van der Waals surface area contributed by atoms with E-state index >= 15 is 0 Å². The van der Waals surface area contributed by atoms with Gasteiger partial charge in [-0.1, -0.05) is 0 Å². The van der Waals surface area contributed by atoms with E-state index in [9.17, 15) is 9.59 Å². The zero-order valence-electron chi connectivity index (χ0n) is 13.3. The second kappa shape index (κ2) is 7.61. The number of piperazine rings is 1. The Morgan fingerprint density at radius 2 is 2.13 bits per heavy atom. The quantitative estimate of drug-likeness (QED) is 0.792. The topological polar surface area (TPSA) is 77.8 Å². The van der Waals surface area contributed by atoms with Crippen molar-refractivity contribution in [3.8, 4) is 0 Å². The van der Waals surface area contributed by atoms with Gasteiger partial charge in [0.25, 0.3) is 5.91 Å². The van der Waals surface area contributed by atoms with E-state index in [4.69, 9.17) is 4.42 Å². The number of amides is 2. The summed E-state index contributed by atoms with van der Waals surface area (Å²) in [6, 6.07) is 3.76. The predicted octanol–water partition coefficient (Wildman–Crippen LogP) is -0.0944. The average Bonchev–Trinajstić information content (AvgIpc) is 3.27. The summed E-state index contributed by atoms with van der Waals surface area (Å²) in [7, 11) is 0. The molecular weight excluding hydrogens is 296 g/mol. The molecule has 2 aliphatic heterocycles. The Morgan fingerprint density at radius 1 is 1.30 bits per heavy atom. The van der Waals surface area contributed by atoms with Crippen molar-refractivity contribution >= 4 is 11.8 Å². The highest BCUT2D eigenvalue weighted by molar-refractivity contribution is 5.91. The maximum absolute atomic E-state index is 12.3. The molecule has 2 fully saturated rings. The van der Waals surface area contributed by atoms with Gasteiger partial charge in [0.2, 0.25) is 5.91 Å². The number of rotatable bonds is 5. The van der Waals surface area contributed by atoms with Crippen molar-refractivity contribution in [2.75, 3.05) is 45.8 Å². The fourth-order valence-electron chi connectivity index (χ4n) is 3.25. The lowest BCUT2D eigenvalue weighted by Gasteiger charge is -2.32. The molecule has 3 heterocycles. The zero-order chi connectivity index (χ0) is 16.1. The van der Waals surface area contributed by atoms with E-state index in [1.54, 1.807) is 12.1 Å². The molecule has 1 atom stereocenters. The third-order valence-corrected chi connectivity index (χ3v) is 4.55. The summed E-state index contributed by atoms with van der Waals surface area (Å²) in [5.74, 6) is 0.114. The highest BCUT2D eigenvalue weighted by Gasteiger charge is 2.30. The van der Waals surface area contributed by atoms with Gasteiger partial charge in [0.05, 0.1) is 6.26 Å². The first kappa shape index (κ1) is 16.0. The fourth-order valence-corrected chi connectivity index (χ4v) is 3.25. The van der Waals surface area contributed by atoms with Crippen LogP contribution in [0.3, 0.4) is 0 Å². The van der Waals surface area contributed by atoms with Crippen LogP contribution in [0.2, 0.25) is 0 Å². The molecule has 0 aliphatic carbocycles. The van der Waals surface area contributed by atoms with Crippen LogP contribution in [0.4, 0.5) is 0 Å². The van der Waals surface area contributed by atoms with Crippen LogP contribution in [0.1, 0.15) is 23.4 Å². The molecule has 1 aromatic rings. The van der Waals surface area contributed by atoms with Gasteiger partial charge in [-0.2, -0.15) is 0 Å². The number of nitrogens with zero attached hydrogens (tertiary/aromatic N) is 2. The van der Waals surface area contributed by atoms with Crippen LogP contribution in [-0.2, 0) is 4.79 Å². The monoisotopic (exact) mass is 320 g/mol. The first-order chi connectivity index (χ1) is 11.2. The minimum Gasteiger partial charge on any atom is -0.459 e. The van der Waals surface area contributed by atoms with E-state index in [0.29, 0.717) is 19.0 Å². The van der Waals surface area contributed by atoms with Gasteiger partial charge in [0, 0.05) is 58.3 Å². The Morgan fingerprint density at radius 3 is 2.87 bits per heavy atom. The molecule has 0 bridgehead atoms. The van der Waals surface area contributed by atoms with E-state index < -0.39 is 0 Å². The van der Waals surface area contributed by atoms with Gasteiger partial charge >= 0.3 is 0 Å². The Bertz CT molecular complexity index is 525. The molecule has 2 N–H and O–H groups in total. The Balaban J connectivity index is 1.38. The number of carbonyl (C=O) groups is 2. The Labute approximate surface area is 136 Å². The molecule has 7 nitrogen and oxygen atoms in total. The van der Waals surface area contributed by atoms with Crippen LogP contribution in [0.5, 0.6) is 0 Å². The summed E-state index contributed by atoms with van der Waals surface area (Å²) < 4.78 is 5.02. The fraction of sp³-hybridized carbons (Fsp3) is 0.625. The lowest BCUT2D eigenvalue weighted by Crippen LogP contribution is -2.49. The first-order valence-electron chi connectivity index (χ1n) is 8.28. The van der Waals surface area contributed by atoms with Crippen molar-refractivity contribution in [3.63, 3.8) is 0 Å². The normalized spacial score (nSPS) is 22.3. The van der Waals surface area contributed by atoms with Crippen molar-refractivity contribution < 1.29 is 14.0 Å². The van der Waals surface area contributed by atoms with Crippen LogP contribution in [0, 0.1) is 0 Å². The SMILES string of the molecule is O=C(NCCC(=O)N1CCC(N2CCNCC2)C1)c1ccco1. The summed E-state index contributed by atoms with van der Waals surface area (Å²) in [6.45, 7) is 6.15. The molecule has 0 spiro atoms. The molecule has 2 saturated heterocycles. The molecule has 23 heavy (non-hydrogen) atoms. The summed E-state index contributed by atoms with van der Waals surface area (Å²) in [5.41, 5.74) is 0. The highest BCUT2D eigenvalue weighted by atomic mass is 16.3. The van der Waals surface area contributed by atoms with Crippen molar-refractivity contribution in [2.24, 2.45) is 0 Å². The third-order valence-electron chi connectivity index (χ3n) is 4.55. The molecular formula is C16H24N4O3. The molecule has 7 heteroatoms. The molecule has 1 unspecified atom stereocenters. The van der Waals surface area contributed by atoms with E-state index in [0.717, 1.165) is 45.7 Å². The largest absolute Gasteiger partial charge is 0.459 e. The molecule has 2 aliphatic rings. The minimum atomic E-state index is -0.275. The van der Waals surface area contributed by atoms with Gasteiger partial charge in [-0.25, -0.2) is 0 Å². The summed E-state index contributed by atoms with van der Waals surface area (Å²) in [5, 5.41) is 6.07. The van der Waals surface area contributed by atoms with Gasteiger partial charge in [-0.15, -0.1) is 0 Å². The van der Waals surface area contributed by atoms with Gasteiger partial charge < -0.3 is 20.0 Å². The summed E-state index contributed by atoms with van der Waals surface area (Å²) in [6.07, 6.45) is 2.84. The number of hydrogen-bond donors (Lipinski definition) is 2. The van der Waals surface area contributed by atoms with Crippen molar-refractivity contribution in [3.05, 3.63) is 24.2 Å². The molecule has 0 aromatic carbocycles. The van der Waals surface area contributed by atoms with Gasteiger partial charge in [-0.05, 0) is 18.6 Å². The summed E-state index contributed by atoms with van der Waals surface area (Å²) in [4.78, 5) is 28.4. The van der Waals surface area contributed by atoms with Gasteiger partial charge in [-0.3, -0.25) is 14.5 Å². The molecule has 2 amide bonds. The first-order valence-corrected chi connectivity index (χ1v) is 8.28. The molecule has 126 valence electrons. The maximum Gasteiger partial charge on any atom is 0.286 e. The van der Waals surface area contributed by atoms with Crippen LogP contribution in [0.15, 0.2) is 22.8 Å². The number of hydrogen-bond acceptors (Lipinski definition) is 5. The van der Waals surface area contributed by atoms with E-state index in [1.165, 1.54) is 6.26 Å². The predicted molar refractivity (Wildman–Crippen MR) is 85.1 cm³/mol. The van der Waals surface area contributed by atoms with Gasteiger partial charge in [0.15, 0.2) is 5.76 Å². The summed E-state index contributed by atoms with van der Waals surface area (Å²) >= 11 is 0. The third kappa shape index (κ3) is 4.11. The van der Waals surface area contributed by atoms with Crippen molar-refractivity contribution in [2.45, 2.75) is 18.9 Å². The molecule has 0 radical (unpaired) electrons. The number of furan rings is 1. The Hall–Kier alpha value is -1.86. The molecule has 3 rings (SSSR count). The van der Waals surface area contributed by atoms with E-state index in [-0.39, 0.29) is 17.6 Å². The lowest BCUT2D eigenvalue weighted by molar-refractivity contribution is -0.130. The number of nitrogens with one attached hydrogen (secondary N) is 2. The average molecular weight is 320 g/mol. The second-order valence-corrected chi connectivity index (χ2v) is 6.05. The van der Waals surface area contributed by atoms with Crippen molar-refractivity contribution in [1.82, 2.24) is 20.4 Å². The van der Waals surface area contributed by atoms with Crippen LogP contribution < -0.4 is 10.6 Å². The Kier molecular flexibility index (Phi) is 5.30. The number of likely N-dealkylation sites (tertiary alicyclic amines) is 1. The smallest absolute Gasteiger partial charge is 0.286 e. The standard InChI is InChI=1S/C16H24N4O3/c21-15(3-5-18-16(22)14-2-1-11-23-14)20-8-4-13(12-20)19-9-6-17-7-10-19/h1-2,11,13,17H,3-10,12H2,(H,18,22). The van der Waals surface area contributed by atoms with Crippen LogP contribution in [0.25, 0.3) is 0 Å².